The van der Waals surface area contributed by atoms with Crippen LogP contribution in [-0.4, -0.2) is 28.9 Å². The summed E-state index contributed by atoms with van der Waals surface area (Å²) >= 11 is 0. The monoisotopic (exact) mass is 313 g/mol. The topological polar surface area (TPSA) is 66.2 Å². The van der Waals surface area contributed by atoms with Gasteiger partial charge in [-0.15, -0.1) is 0 Å². The fourth-order valence-corrected chi connectivity index (χ4v) is 1.98. The third-order valence-corrected chi connectivity index (χ3v) is 3.13. The Morgan fingerprint density at radius 3 is 2.83 bits per heavy atom. The number of carbonyl (C=O) groups excluding carboxylic acids is 1. The zero-order valence-electron chi connectivity index (χ0n) is 12.5. The van der Waals surface area contributed by atoms with Gasteiger partial charge in [0.2, 0.25) is 0 Å². The SMILES string of the molecule is N#CCCN(Cc1cccnc1)C(=O)COc1ccccc1F. The first kappa shape index (κ1) is 16.4. The molecular formula is C17H16FN3O2. The number of para-hydroxylation sites is 1. The van der Waals surface area contributed by atoms with Gasteiger partial charge in [-0.1, -0.05) is 18.2 Å². The van der Waals surface area contributed by atoms with Crippen molar-refractivity contribution in [1.82, 2.24) is 9.88 Å². The van der Waals surface area contributed by atoms with E-state index in [1.807, 2.05) is 12.1 Å². The van der Waals surface area contributed by atoms with Crippen LogP contribution in [0, 0.1) is 17.1 Å². The van der Waals surface area contributed by atoms with E-state index in [2.05, 4.69) is 4.98 Å². The maximum absolute atomic E-state index is 13.5. The van der Waals surface area contributed by atoms with Crippen LogP contribution in [0.25, 0.3) is 0 Å². The Bertz CT molecular complexity index is 686. The minimum atomic E-state index is -0.517. The van der Waals surface area contributed by atoms with E-state index in [0.717, 1.165) is 5.56 Å². The van der Waals surface area contributed by atoms with Crippen molar-refractivity contribution in [3.63, 3.8) is 0 Å². The zero-order valence-corrected chi connectivity index (χ0v) is 12.5. The number of amides is 1. The quantitative estimate of drug-likeness (QED) is 0.788. The average Bonchev–Trinajstić information content (AvgIpc) is 2.58. The lowest BCUT2D eigenvalue weighted by molar-refractivity contribution is -0.134. The number of carbonyl (C=O) groups is 1. The van der Waals surface area contributed by atoms with Gasteiger partial charge in [0.1, 0.15) is 0 Å². The van der Waals surface area contributed by atoms with Crippen molar-refractivity contribution in [2.75, 3.05) is 13.2 Å². The first-order chi connectivity index (χ1) is 11.2. The van der Waals surface area contributed by atoms with Crippen molar-refractivity contribution in [3.8, 4) is 11.8 Å². The van der Waals surface area contributed by atoms with Gasteiger partial charge in [-0.05, 0) is 23.8 Å². The molecule has 23 heavy (non-hydrogen) atoms. The van der Waals surface area contributed by atoms with Crippen LogP contribution < -0.4 is 4.74 Å². The number of ether oxygens (including phenoxy) is 1. The Labute approximate surface area is 133 Å². The Morgan fingerprint density at radius 1 is 1.30 bits per heavy atom. The molecule has 0 saturated carbocycles. The van der Waals surface area contributed by atoms with Gasteiger partial charge in [-0.25, -0.2) is 4.39 Å². The third-order valence-electron chi connectivity index (χ3n) is 3.13. The van der Waals surface area contributed by atoms with Gasteiger partial charge in [0.25, 0.3) is 5.91 Å². The molecule has 0 aliphatic heterocycles. The molecule has 0 aliphatic rings. The first-order valence-corrected chi connectivity index (χ1v) is 7.11. The predicted molar refractivity (Wildman–Crippen MR) is 81.8 cm³/mol. The fourth-order valence-electron chi connectivity index (χ4n) is 1.98. The molecule has 2 aromatic rings. The van der Waals surface area contributed by atoms with Crippen molar-refractivity contribution in [1.29, 1.82) is 5.26 Å². The van der Waals surface area contributed by atoms with E-state index >= 15 is 0 Å². The normalized spacial score (nSPS) is 9.91. The van der Waals surface area contributed by atoms with Crippen LogP contribution in [0.4, 0.5) is 4.39 Å². The highest BCUT2D eigenvalue weighted by Crippen LogP contribution is 2.15. The lowest BCUT2D eigenvalue weighted by Crippen LogP contribution is -2.35. The van der Waals surface area contributed by atoms with Crippen LogP contribution in [0.1, 0.15) is 12.0 Å². The Hall–Kier alpha value is -2.94. The summed E-state index contributed by atoms with van der Waals surface area (Å²) in [6.07, 6.45) is 3.52. The molecule has 1 aromatic heterocycles. The molecule has 1 amide bonds. The molecule has 5 nitrogen and oxygen atoms in total. The van der Waals surface area contributed by atoms with Gasteiger partial charge in [0, 0.05) is 25.5 Å². The summed E-state index contributed by atoms with van der Waals surface area (Å²) in [6, 6.07) is 11.5. The average molecular weight is 313 g/mol. The molecule has 2 rings (SSSR count). The molecule has 0 unspecified atom stereocenters. The highest BCUT2D eigenvalue weighted by molar-refractivity contribution is 5.77. The molecule has 0 atom stereocenters. The number of hydrogen-bond donors (Lipinski definition) is 0. The molecular weight excluding hydrogens is 297 g/mol. The molecule has 0 aliphatic carbocycles. The van der Waals surface area contributed by atoms with E-state index in [0.29, 0.717) is 6.54 Å². The summed E-state index contributed by atoms with van der Waals surface area (Å²) in [4.78, 5) is 17.8. The van der Waals surface area contributed by atoms with Gasteiger partial charge in [0.15, 0.2) is 18.2 Å². The minimum absolute atomic E-state index is 0.0301. The number of nitriles is 1. The summed E-state index contributed by atoms with van der Waals surface area (Å²) in [5.41, 5.74) is 0.852. The molecule has 118 valence electrons. The standard InChI is InChI=1S/C17H16FN3O2/c18-15-6-1-2-7-16(15)23-13-17(22)21(10-4-8-19)12-14-5-3-9-20-11-14/h1-3,5-7,9,11H,4,10,12-13H2. The van der Waals surface area contributed by atoms with Crippen molar-refractivity contribution in [2.45, 2.75) is 13.0 Å². The molecule has 0 bridgehead atoms. The smallest absolute Gasteiger partial charge is 0.260 e. The summed E-state index contributed by atoms with van der Waals surface area (Å²) in [5, 5.41) is 8.73. The molecule has 0 spiro atoms. The summed E-state index contributed by atoms with van der Waals surface area (Å²) in [5.74, 6) is -0.800. The van der Waals surface area contributed by atoms with Gasteiger partial charge in [-0.2, -0.15) is 5.26 Å². The third kappa shape index (κ3) is 5.08. The van der Waals surface area contributed by atoms with Gasteiger partial charge >= 0.3 is 0 Å². The summed E-state index contributed by atoms with van der Waals surface area (Å²) < 4.78 is 18.7. The van der Waals surface area contributed by atoms with Crippen LogP contribution in [-0.2, 0) is 11.3 Å². The largest absolute Gasteiger partial charge is 0.481 e. The van der Waals surface area contributed by atoms with Crippen molar-refractivity contribution < 1.29 is 13.9 Å². The van der Waals surface area contributed by atoms with Crippen LogP contribution in [0.3, 0.4) is 0 Å². The number of rotatable bonds is 7. The van der Waals surface area contributed by atoms with Crippen molar-refractivity contribution in [3.05, 3.63) is 60.2 Å². The predicted octanol–water partition coefficient (Wildman–Crippen LogP) is 2.54. The van der Waals surface area contributed by atoms with Crippen LogP contribution in [0.5, 0.6) is 5.75 Å². The second-order valence-corrected chi connectivity index (χ2v) is 4.80. The number of nitrogens with zero attached hydrogens (tertiary/aromatic N) is 3. The van der Waals surface area contributed by atoms with E-state index in [1.165, 1.54) is 17.0 Å². The lowest BCUT2D eigenvalue weighted by atomic mass is 10.2. The molecule has 0 radical (unpaired) electrons. The minimum Gasteiger partial charge on any atom is -0.481 e. The number of halogens is 1. The first-order valence-electron chi connectivity index (χ1n) is 7.11. The van der Waals surface area contributed by atoms with Crippen LogP contribution in [0.2, 0.25) is 0 Å². The number of hydrogen-bond acceptors (Lipinski definition) is 4. The second kappa shape index (κ2) is 8.49. The summed E-state index contributed by atoms with van der Waals surface area (Å²) in [7, 11) is 0. The van der Waals surface area contributed by atoms with Crippen LogP contribution >= 0.6 is 0 Å². The van der Waals surface area contributed by atoms with Crippen molar-refractivity contribution >= 4 is 5.91 Å². The van der Waals surface area contributed by atoms with E-state index in [9.17, 15) is 9.18 Å². The van der Waals surface area contributed by atoms with E-state index < -0.39 is 5.82 Å². The molecule has 6 heteroatoms. The number of pyridine rings is 1. The number of benzene rings is 1. The molecule has 0 fully saturated rings. The molecule has 0 saturated heterocycles. The van der Waals surface area contributed by atoms with Gasteiger partial charge in [-0.3, -0.25) is 9.78 Å². The molecule has 1 heterocycles. The Balaban J connectivity index is 1.99. The number of aromatic nitrogens is 1. The maximum Gasteiger partial charge on any atom is 0.260 e. The van der Waals surface area contributed by atoms with Crippen LogP contribution in [0.15, 0.2) is 48.8 Å². The maximum atomic E-state index is 13.5. The molecule has 1 aromatic carbocycles. The van der Waals surface area contributed by atoms with E-state index in [4.69, 9.17) is 10.00 Å². The van der Waals surface area contributed by atoms with E-state index in [1.54, 1.807) is 30.6 Å². The lowest BCUT2D eigenvalue weighted by Gasteiger charge is -2.21. The van der Waals surface area contributed by atoms with Gasteiger partial charge in [0.05, 0.1) is 12.5 Å². The Kier molecular flexibility index (Phi) is 6.07. The fraction of sp³-hybridized carbons (Fsp3) is 0.235. The van der Waals surface area contributed by atoms with E-state index in [-0.39, 0.29) is 31.2 Å². The second-order valence-electron chi connectivity index (χ2n) is 4.80. The van der Waals surface area contributed by atoms with Gasteiger partial charge < -0.3 is 9.64 Å². The Morgan fingerprint density at radius 2 is 2.13 bits per heavy atom. The zero-order chi connectivity index (χ0) is 16.5. The molecule has 0 N–H and O–H groups in total. The summed E-state index contributed by atoms with van der Waals surface area (Å²) in [6.45, 7) is 0.326. The van der Waals surface area contributed by atoms with Crippen molar-refractivity contribution in [2.24, 2.45) is 0 Å². The highest BCUT2D eigenvalue weighted by atomic mass is 19.1. The highest BCUT2D eigenvalue weighted by Gasteiger charge is 2.15.